The average Bonchev–Trinajstić information content (AvgIpc) is 2.95. The van der Waals surface area contributed by atoms with Crippen LogP contribution in [0.4, 0.5) is 5.82 Å². The number of unbranched alkanes of at least 4 members (excludes halogenated alkanes) is 1. The Kier molecular flexibility index (Phi) is 7.24. The van der Waals surface area contributed by atoms with E-state index in [2.05, 4.69) is 54.9 Å². The van der Waals surface area contributed by atoms with Crippen molar-refractivity contribution < 1.29 is 4.79 Å². The van der Waals surface area contributed by atoms with E-state index in [1.165, 1.54) is 16.7 Å². The van der Waals surface area contributed by atoms with Crippen molar-refractivity contribution in [1.29, 1.82) is 0 Å². The molecule has 156 valence electrons. The highest BCUT2D eigenvalue weighted by molar-refractivity contribution is 5.76. The number of rotatable bonds is 6. The number of carbonyl (C=O) groups excluding carboxylic acids is 1. The van der Waals surface area contributed by atoms with E-state index < -0.39 is 0 Å². The summed E-state index contributed by atoms with van der Waals surface area (Å²) in [6, 6.07) is 8.69. The van der Waals surface area contributed by atoms with Crippen LogP contribution in [0.15, 0.2) is 24.3 Å². The highest BCUT2D eigenvalue weighted by atomic mass is 16.2. The lowest BCUT2D eigenvalue weighted by Crippen LogP contribution is -2.35. The van der Waals surface area contributed by atoms with E-state index in [-0.39, 0.29) is 0 Å². The third kappa shape index (κ3) is 5.55. The predicted octanol–water partition coefficient (Wildman–Crippen LogP) is 4.22. The van der Waals surface area contributed by atoms with E-state index in [0.29, 0.717) is 12.3 Å². The van der Waals surface area contributed by atoms with E-state index in [1.807, 2.05) is 11.8 Å². The molecule has 0 N–H and O–H groups in total. The van der Waals surface area contributed by atoms with Crippen molar-refractivity contribution in [2.45, 2.75) is 59.8 Å². The van der Waals surface area contributed by atoms with Crippen molar-refractivity contribution in [3.05, 3.63) is 52.5 Å². The number of hydrogen-bond donors (Lipinski definition) is 0. The normalized spacial score (nSPS) is 14.8. The molecule has 1 aromatic carbocycles. The first-order chi connectivity index (χ1) is 14.0. The summed E-state index contributed by atoms with van der Waals surface area (Å²) in [5.41, 5.74) is 4.79. The van der Waals surface area contributed by atoms with Gasteiger partial charge in [-0.15, -0.1) is 0 Å². The minimum Gasteiger partial charge on any atom is -0.354 e. The van der Waals surface area contributed by atoms with Gasteiger partial charge in [0.1, 0.15) is 11.6 Å². The zero-order valence-electron chi connectivity index (χ0n) is 18.4. The summed E-state index contributed by atoms with van der Waals surface area (Å²) in [7, 11) is 0. The summed E-state index contributed by atoms with van der Waals surface area (Å²) in [5, 5.41) is 0. The molecule has 0 aliphatic carbocycles. The fraction of sp³-hybridized carbons (Fsp3) is 0.542. The molecule has 0 radical (unpaired) electrons. The fourth-order valence-electron chi connectivity index (χ4n) is 3.96. The molecule has 1 saturated heterocycles. The molecule has 3 rings (SSSR count). The molecule has 1 amide bonds. The Morgan fingerprint density at radius 3 is 2.48 bits per heavy atom. The lowest BCUT2D eigenvalue weighted by molar-refractivity contribution is -0.131. The Bertz CT molecular complexity index is 832. The van der Waals surface area contributed by atoms with Gasteiger partial charge >= 0.3 is 0 Å². The Morgan fingerprint density at radius 2 is 1.76 bits per heavy atom. The van der Waals surface area contributed by atoms with Crippen molar-refractivity contribution in [3.8, 4) is 0 Å². The van der Waals surface area contributed by atoms with Crippen molar-refractivity contribution in [3.63, 3.8) is 0 Å². The zero-order chi connectivity index (χ0) is 20.8. The molecular weight excluding hydrogens is 360 g/mol. The van der Waals surface area contributed by atoms with E-state index >= 15 is 0 Å². The fourth-order valence-corrected chi connectivity index (χ4v) is 3.96. The molecule has 2 heterocycles. The van der Waals surface area contributed by atoms with Crippen molar-refractivity contribution in [2.75, 3.05) is 31.1 Å². The molecule has 0 bridgehead atoms. The predicted molar refractivity (Wildman–Crippen MR) is 118 cm³/mol. The molecule has 1 aromatic heterocycles. The van der Waals surface area contributed by atoms with Crippen LogP contribution >= 0.6 is 0 Å². The molecule has 0 saturated carbocycles. The van der Waals surface area contributed by atoms with Crippen LogP contribution in [0.3, 0.4) is 0 Å². The van der Waals surface area contributed by atoms with Gasteiger partial charge < -0.3 is 9.80 Å². The topological polar surface area (TPSA) is 49.3 Å². The van der Waals surface area contributed by atoms with Crippen molar-refractivity contribution in [2.24, 2.45) is 0 Å². The van der Waals surface area contributed by atoms with E-state index in [4.69, 9.17) is 4.98 Å². The van der Waals surface area contributed by atoms with Gasteiger partial charge in [-0.05, 0) is 39.2 Å². The smallest absolute Gasteiger partial charge is 0.222 e. The molecular formula is C24H34N4O. The Hall–Kier alpha value is -2.43. The standard InChI is InChI=1S/C24H34N4O/c1-5-6-8-23(29)27-13-7-14-28(16-15-27)24-22(19(3)25-20(4)26-24)17-21-11-9-18(2)10-12-21/h9-12H,5-8,13-17H2,1-4H3. The van der Waals surface area contributed by atoms with Crippen molar-refractivity contribution in [1.82, 2.24) is 14.9 Å². The molecule has 5 heteroatoms. The van der Waals surface area contributed by atoms with Gasteiger partial charge in [0.15, 0.2) is 0 Å². The van der Waals surface area contributed by atoms with E-state index in [0.717, 1.165) is 69.2 Å². The molecule has 0 unspecified atom stereocenters. The maximum absolute atomic E-state index is 12.5. The van der Waals surface area contributed by atoms with E-state index in [9.17, 15) is 4.79 Å². The molecule has 1 aliphatic rings. The molecule has 5 nitrogen and oxygen atoms in total. The molecule has 0 spiro atoms. The summed E-state index contributed by atoms with van der Waals surface area (Å²) in [4.78, 5) is 26.4. The maximum Gasteiger partial charge on any atom is 0.222 e. The Morgan fingerprint density at radius 1 is 1.00 bits per heavy atom. The van der Waals surface area contributed by atoms with Crippen LogP contribution < -0.4 is 4.90 Å². The summed E-state index contributed by atoms with van der Waals surface area (Å²) in [6.45, 7) is 11.7. The number of aryl methyl sites for hydroxylation is 3. The van der Waals surface area contributed by atoms with Gasteiger partial charge in [-0.3, -0.25) is 4.79 Å². The first kappa shape index (κ1) is 21.3. The first-order valence-corrected chi connectivity index (χ1v) is 10.9. The van der Waals surface area contributed by atoms with Gasteiger partial charge in [0.25, 0.3) is 0 Å². The van der Waals surface area contributed by atoms with Gasteiger partial charge in [0.2, 0.25) is 5.91 Å². The number of hydrogen-bond acceptors (Lipinski definition) is 4. The molecule has 0 atom stereocenters. The zero-order valence-corrected chi connectivity index (χ0v) is 18.4. The van der Waals surface area contributed by atoms with Crippen molar-refractivity contribution >= 4 is 11.7 Å². The number of amides is 1. The van der Waals surface area contributed by atoms with E-state index in [1.54, 1.807) is 0 Å². The minimum absolute atomic E-state index is 0.295. The van der Waals surface area contributed by atoms with Crippen LogP contribution in [0.5, 0.6) is 0 Å². The van der Waals surface area contributed by atoms with Gasteiger partial charge in [0.05, 0.1) is 0 Å². The summed E-state index contributed by atoms with van der Waals surface area (Å²) in [5.74, 6) is 2.15. The second-order valence-electron chi connectivity index (χ2n) is 8.15. The quantitative estimate of drug-likeness (QED) is 0.736. The molecule has 1 aliphatic heterocycles. The monoisotopic (exact) mass is 394 g/mol. The van der Waals surface area contributed by atoms with Gasteiger partial charge in [-0.1, -0.05) is 43.2 Å². The maximum atomic E-state index is 12.5. The summed E-state index contributed by atoms with van der Waals surface area (Å²) >= 11 is 0. The molecule has 1 fully saturated rings. The highest BCUT2D eigenvalue weighted by Crippen LogP contribution is 2.25. The second-order valence-corrected chi connectivity index (χ2v) is 8.15. The third-order valence-electron chi connectivity index (χ3n) is 5.70. The van der Waals surface area contributed by atoms with Crippen LogP contribution in [-0.4, -0.2) is 47.0 Å². The average molecular weight is 395 g/mol. The lowest BCUT2D eigenvalue weighted by atomic mass is 10.0. The number of carbonyl (C=O) groups is 1. The second kappa shape index (κ2) is 9.86. The number of nitrogens with zero attached hydrogens (tertiary/aromatic N) is 4. The highest BCUT2D eigenvalue weighted by Gasteiger charge is 2.22. The SMILES string of the molecule is CCCCC(=O)N1CCCN(c2nc(C)nc(C)c2Cc2ccc(C)cc2)CC1. The minimum atomic E-state index is 0.295. The molecule has 29 heavy (non-hydrogen) atoms. The number of aromatic nitrogens is 2. The van der Waals surface area contributed by atoms with Gasteiger partial charge in [-0.25, -0.2) is 9.97 Å². The molecule has 2 aromatic rings. The Balaban J connectivity index is 1.80. The van der Waals surface area contributed by atoms with Crippen LogP contribution in [-0.2, 0) is 11.2 Å². The van der Waals surface area contributed by atoms with Gasteiger partial charge in [-0.2, -0.15) is 0 Å². The van der Waals surface area contributed by atoms with Gasteiger partial charge in [0, 0.05) is 50.3 Å². The van der Waals surface area contributed by atoms with Crippen LogP contribution in [0.25, 0.3) is 0 Å². The third-order valence-corrected chi connectivity index (χ3v) is 5.70. The largest absolute Gasteiger partial charge is 0.354 e. The van der Waals surface area contributed by atoms with Crippen LogP contribution in [0, 0.1) is 20.8 Å². The summed E-state index contributed by atoms with van der Waals surface area (Å²) in [6.07, 6.45) is 4.51. The number of benzene rings is 1. The first-order valence-electron chi connectivity index (χ1n) is 10.9. The van der Waals surface area contributed by atoms with Crippen LogP contribution in [0.1, 0.15) is 60.8 Å². The van der Waals surface area contributed by atoms with Crippen LogP contribution in [0.2, 0.25) is 0 Å². The summed E-state index contributed by atoms with van der Waals surface area (Å²) < 4.78 is 0. The lowest BCUT2D eigenvalue weighted by Gasteiger charge is -2.26. The Labute approximate surface area is 175 Å². The number of anilines is 1.